The highest BCUT2D eigenvalue weighted by molar-refractivity contribution is 6.08. The maximum absolute atomic E-state index is 12.0. The van der Waals surface area contributed by atoms with Crippen molar-refractivity contribution in [2.24, 2.45) is 7.05 Å². The van der Waals surface area contributed by atoms with Gasteiger partial charge in [-0.1, -0.05) is 32.0 Å². The van der Waals surface area contributed by atoms with Crippen molar-refractivity contribution < 1.29 is 0 Å². The highest BCUT2D eigenvalue weighted by Gasteiger charge is 2.17. The van der Waals surface area contributed by atoms with E-state index in [0.29, 0.717) is 5.52 Å². The number of nitrogens with one attached hydrogen (secondary N) is 1. The van der Waals surface area contributed by atoms with Gasteiger partial charge >= 0.3 is 0 Å². The van der Waals surface area contributed by atoms with Crippen LogP contribution in [-0.4, -0.2) is 14.8 Å². The molecule has 3 rings (SSSR count). The summed E-state index contributed by atoms with van der Waals surface area (Å²) in [6, 6.07) is 8.05. The zero-order valence-corrected chi connectivity index (χ0v) is 10.7. The Labute approximate surface area is 104 Å². The molecule has 0 radical (unpaired) electrons. The molecule has 4 heteroatoms. The normalized spacial score (nSPS) is 11.8. The summed E-state index contributed by atoms with van der Waals surface area (Å²) < 4.78 is 1.94. The first-order valence-corrected chi connectivity index (χ1v) is 6.07. The molecule has 2 heterocycles. The number of H-pyrrole nitrogens is 1. The maximum Gasteiger partial charge on any atom is 0.288 e. The molecule has 0 bridgehead atoms. The molecule has 1 aromatic carbocycles. The van der Waals surface area contributed by atoms with E-state index in [9.17, 15) is 4.79 Å². The molecule has 0 saturated heterocycles. The molecule has 0 aliphatic carbocycles. The quantitative estimate of drug-likeness (QED) is 0.711. The number of nitrogens with zero attached hydrogens (tertiary/aromatic N) is 2. The van der Waals surface area contributed by atoms with Crippen LogP contribution in [0.2, 0.25) is 0 Å². The number of benzene rings is 1. The van der Waals surface area contributed by atoms with E-state index < -0.39 is 0 Å². The number of aromatic amines is 1. The Morgan fingerprint density at radius 2 is 2.00 bits per heavy atom. The van der Waals surface area contributed by atoms with E-state index in [4.69, 9.17) is 0 Å². The van der Waals surface area contributed by atoms with Crippen LogP contribution in [0.1, 0.15) is 25.5 Å². The smallest absolute Gasteiger partial charge is 0.288 e. The van der Waals surface area contributed by atoms with Crippen LogP contribution >= 0.6 is 0 Å². The number of aromatic nitrogens is 3. The van der Waals surface area contributed by atoms with Crippen molar-refractivity contribution in [2.75, 3.05) is 0 Å². The Bertz CT molecular complexity index is 796. The largest absolute Gasteiger partial charge is 0.339 e. The molecule has 0 spiro atoms. The minimum Gasteiger partial charge on any atom is -0.339 e. The zero-order valence-electron chi connectivity index (χ0n) is 10.7. The lowest BCUT2D eigenvalue weighted by Gasteiger charge is -2.05. The molecule has 0 atom stereocenters. The summed E-state index contributed by atoms with van der Waals surface area (Å²) in [6.07, 6.45) is 0. The molecule has 3 aromatic rings. The van der Waals surface area contributed by atoms with E-state index in [1.54, 1.807) is 0 Å². The molecule has 0 aliphatic rings. The molecular formula is C14H15N3O. The Balaban J connectivity index is 2.67. The molecule has 4 nitrogen and oxygen atoms in total. The molecular weight excluding hydrogens is 226 g/mol. The number of hydrogen-bond donors (Lipinski definition) is 1. The molecule has 0 saturated carbocycles. The first kappa shape index (κ1) is 11.0. The molecule has 18 heavy (non-hydrogen) atoms. The fraction of sp³-hybridized carbons (Fsp3) is 0.286. The third-order valence-electron chi connectivity index (χ3n) is 3.40. The van der Waals surface area contributed by atoms with Gasteiger partial charge in [-0.05, 0) is 12.0 Å². The molecule has 0 aliphatic heterocycles. The average molecular weight is 241 g/mol. The minimum atomic E-state index is -0.131. The molecule has 2 aromatic heterocycles. The summed E-state index contributed by atoms with van der Waals surface area (Å²) >= 11 is 0. The molecule has 92 valence electrons. The van der Waals surface area contributed by atoms with Crippen LogP contribution in [0.5, 0.6) is 0 Å². The van der Waals surface area contributed by atoms with Gasteiger partial charge in [0.2, 0.25) is 0 Å². The number of hydrogen-bond acceptors (Lipinski definition) is 2. The van der Waals surface area contributed by atoms with Gasteiger partial charge in [0, 0.05) is 23.3 Å². The van der Waals surface area contributed by atoms with Crippen LogP contribution in [0.3, 0.4) is 0 Å². The van der Waals surface area contributed by atoms with Crippen molar-refractivity contribution in [1.29, 1.82) is 0 Å². The fourth-order valence-corrected chi connectivity index (χ4v) is 2.56. The number of fused-ring (bicyclic) bond motifs is 3. The third-order valence-corrected chi connectivity index (χ3v) is 3.40. The third kappa shape index (κ3) is 1.32. The predicted molar refractivity (Wildman–Crippen MR) is 72.9 cm³/mol. The maximum atomic E-state index is 12.0. The van der Waals surface area contributed by atoms with E-state index in [-0.39, 0.29) is 11.5 Å². The predicted octanol–water partition coefficient (Wildman–Crippen LogP) is 2.54. The second-order valence-electron chi connectivity index (χ2n) is 4.89. The lowest BCUT2D eigenvalue weighted by atomic mass is 10.0. The van der Waals surface area contributed by atoms with Crippen LogP contribution in [0.4, 0.5) is 0 Å². The van der Waals surface area contributed by atoms with Gasteiger partial charge in [-0.2, -0.15) is 5.10 Å². The highest BCUT2D eigenvalue weighted by Crippen LogP contribution is 2.30. The van der Waals surface area contributed by atoms with Gasteiger partial charge in [-0.3, -0.25) is 4.79 Å². The zero-order chi connectivity index (χ0) is 12.9. The molecule has 0 fully saturated rings. The Morgan fingerprint density at radius 1 is 1.28 bits per heavy atom. The van der Waals surface area contributed by atoms with Crippen LogP contribution in [0, 0.1) is 0 Å². The summed E-state index contributed by atoms with van der Waals surface area (Å²) in [5.41, 5.74) is 2.58. The number of rotatable bonds is 1. The van der Waals surface area contributed by atoms with Gasteiger partial charge in [0.15, 0.2) is 0 Å². The fourth-order valence-electron chi connectivity index (χ4n) is 2.56. The monoisotopic (exact) mass is 241 g/mol. The van der Waals surface area contributed by atoms with E-state index in [2.05, 4.69) is 24.0 Å². The first-order valence-electron chi connectivity index (χ1n) is 6.07. The van der Waals surface area contributed by atoms with E-state index in [1.165, 1.54) is 0 Å². The second-order valence-corrected chi connectivity index (χ2v) is 4.89. The van der Waals surface area contributed by atoms with Crippen molar-refractivity contribution >= 4 is 21.8 Å². The molecule has 0 amide bonds. The summed E-state index contributed by atoms with van der Waals surface area (Å²) in [4.78, 5) is 12.0. The van der Waals surface area contributed by atoms with Gasteiger partial charge < -0.3 is 4.57 Å². The summed E-state index contributed by atoms with van der Waals surface area (Å²) in [6.45, 7) is 4.17. The lowest BCUT2D eigenvalue weighted by molar-refractivity contribution is 0.790. The summed E-state index contributed by atoms with van der Waals surface area (Å²) in [5, 5.41) is 8.89. The SMILES string of the molecule is CC(C)c1n[nH]c(=O)c2c1c1ccccc1n2C. The van der Waals surface area contributed by atoms with Gasteiger partial charge in [0.25, 0.3) is 5.56 Å². The summed E-state index contributed by atoms with van der Waals surface area (Å²) in [5.74, 6) is 0.273. The van der Waals surface area contributed by atoms with Gasteiger partial charge in [-0.15, -0.1) is 0 Å². The van der Waals surface area contributed by atoms with Crippen molar-refractivity contribution in [1.82, 2.24) is 14.8 Å². The number of para-hydroxylation sites is 1. The van der Waals surface area contributed by atoms with Crippen molar-refractivity contribution in [3.8, 4) is 0 Å². The Morgan fingerprint density at radius 3 is 2.72 bits per heavy atom. The topological polar surface area (TPSA) is 50.7 Å². The van der Waals surface area contributed by atoms with E-state index >= 15 is 0 Å². The van der Waals surface area contributed by atoms with Crippen LogP contribution in [-0.2, 0) is 7.05 Å². The Kier molecular flexibility index (Phi) is 2.26. The first-order chi connectivity index (χ1) is 8.61. The van der Waals surface area contributed by atoms with Crippen LogP contribution in [0.15, 0.2) is 29.1 Å². The molecule has 0 unspecified atom stereocenters. The van der Waals surface area contributed by atoms with E-state index in [1.807, 2.05) is 35.9 Å². The van der Waals surface area contributed by atoms with Gasteiger partial charge in [0.05, 0.1) is 5.69 Å². The Hall–Kier alpha value is -2.10. The number of aryl methyl sites for hydroxylation is 1. The minimum absolute atomic E-state index is 0.131. The van der Waals surface area contributed by atoms with Crippen LogP contribution in [0.25, 0.3) is 21.8 Å². The van der Waals surface area contributed by atoms with E-state index in [0.717, 1.165) is 22.0 Å². The van der Waals surface area contributed by atoms with Gasteiger partial charge in [-0.25, -0.2) is 5.10 Å². The van der Waals surface area contributed by atoms with Crippen molar-refractivity contribution in [2.45, 2.75) is 19.8 Å². The standard InChI is InChI=1S/C14H15N3O/c1-8(2)12-11-9-6-4-5-7-10(9)17(3)13(11)14(18)16-15-12/h4-8H,1-3H3,(H,16,18). The average Bonchev–Trinajstić information content (AvgIpc) is 2.65. The van der Waals surface area contributed by atoms with Gasteiger partial charge in [0.1, 0.15) is 5.52 Å². The molecule has 1 N–H and O–H groups in total. The highest BCUT2D eigenvalue weighted by atomic mass is 16.1. The lowest BCUT2D eigenvalue weighted by Crippen LogP contribution is -2.13. The van der Waals surface area contributed by atoms with Crippen LogP contribution < -0.4 is 5.56 Å². The van der Waals surface area contributed by atoms with Crippen molar-refractivity contribution in [3.05, 3.63) is 40.3 Å². The summed E-state index contributed by atoms with van der Waals surface area (Å²) in [7, 11) is 1.92. The second kappa shape index (κ2) is 3.70. The van der Waals surface area contributed by atoms with Crippen molar-refractivity contribution in [3.63, 3.8) is 0 Å².